The molecule has 1 aromatic rings. The van der Waals surface area contributed by atoms with Crippen molar-refractivity contribution in [1.82, 2.24) is 5.32 Å². The molecule has 1 rings (SSSR count). The van der Waals surface area contributed by atoms with Crippen molar-refractivity contribution >= 4 is 12.0 Å². The minimum absolute atomic E-state index is 0.199. The summed E-state index contributed by atoms with van der Waals surface area (Å²) in [6.07, 6.45) is 1.39. The molecular formula is C11H12FNO. The summed E-state index contributed by atoms with van der Waals surface area (Å²) in [7, 11) is 0. The minimum Gasteiger partial charge on any atom is -0.352 e. The second kappa shape index (κ2) is 4.56. The molecule has 0 aliphatic heterocycles. The van der Waals surface area contributed by atoms with Crippen LogP contribution in [0.5, 0.6) is 0 Å². The molecule has 0 heterocycles. The van der Waals surface area contributed by atoms with E-state index >= 15 is 0 Å². The van der Waals surface area contributed by atoms with Crippen LogP contribution in [0.15, 0.2) is 24.8 Å². The number of hydrogen-bond acceptors (Lipinski definition) is 1. The average molecular weight is 193 g/mol. The predicted octanol–water partition coefficient (Wildman–Crippen LogP) is 2.22. The van der Waals surface area contributed by atoms with Crippen LogP contribution >= 0.6 is 0 Å². The molecule has 0 aliphatic rings. The van der Waals surface area contributed by atoms with Gasteiger partial charge in [0.2, 0.25) is 0 Å². The molecule has 1 amide bonds. The molecule has 0 saturated heterocycles. The molecule has 0 atom stereocenters. The lowest BCUT2D eigenvalue weighted by Gasteiger charge is -2.03. The Bertz CT molecular complexity index is 360. The first-order valence-corrected chi connectivity index (χ1v) is 4.39. The Morgan fingerprint density at radius 1 is 1.64 bits per heavy atom. The van der Waals surface area contributed by atoms with Crippen molar-refractivity contribution < 1.29 is 9.18 Å². The van der Waals surface area contributed by atoms with Crippen LogP contribution in [0.3, 0.4) is 0 Å². The maximum Gasteiger partial charge on any atom is 0.251 e. The zero-order valence-electron chi connectivity index (χ0n) is 8.01. The Labute approximate surface area is 82.4 Å². The molecule has 2 nitrogen and oxygen atoms in total. The summed E-state index contributed by atoms with van der Waals surface area (Å²) < 4.78 is 13.0. The minimum atomic E-state index is -0.368. The van der Waals surface area contributed by atoms with Crippen molar-refractivity contribution in [3.05, 3.63) is 41.7 Å². The van der Waals surface area contributed by atoms with E-state index in [4.69, 9.17) is 0 Å². The van der Waals surface area contributed by atoms with Gasteiger partial charge in [0.1, 0.15) is 5.82 Å². The van der Waals surface area contributed by atoms with E-state index in [1.54, 1.807) is 0 Å². The van der Waals surface area contributed by atoms with Crippen molar-refractivity contribution in [3.8, 4) is 0 Å². The third-order valence-electron chi connectivity index (χ3n) is 1.82. The third kappa shape index (κ3) is 2.19. The van der Waals surface area contributed by atoms with Crippen molar-refractivity contribution in [2.45, 2.75) is 6.92 Å². The fourth-order valence-corrected chi connectivity index (χ4v) is 1.10. The van der Waals surface area contributed by atoms with Crippen LogP contribution in [0, 0.1) is 5.82 Å². The monoisotopic (exact) mass is 193 g/mol. The topological polar surface area (TPSA) is 29.1 Å². The van der Waals surface area contributed by atoms with E-state index in [0.717, 1.165) is 0 Å². The number of nitrogens with one attached hydrogen (secondary N) is 1. The quantitative estimate of drug-likeness (QED) is 0.783. The lowest BCUT2D eigenvalue weighted by molar-refractivity contribution is 0.0956. The lowest BCUT2D eigenvalue weighted by Crippen LogP contribution is -2.22. The van der Waals surface area contributed by atoms with Gasteiger partial charge in [0.25, 0.3) is 5.91 Å². The van der Waals surface area contributed by atoms with Gasteiger partial charge in [-0.1, -0.05) is 12.7 Å². The van der Waals surface area contributed by atoms with Gasteiger partial charge in [-0.15, -0.1) is 0 Å². The van der Waals surface area contributed by atoms with Crippen LogP contribution < -0.4 is 5.32 Å². The van der Waals surface area contributed by atoms with Crippen molar-refractivity contribution in [2.24, 2.45) is 0 Å². The Morgan fingerprint density at radius 3 is 2.93 bits per heavy atom. The predicted molar refractivity (Wildman–Crippen MR) is 54.5 cm³/mol. The van der Waals surface area contributed by atoms with E-state index in [1.165, 1.54) is 24.3 Å². The van der Waals surface area contributed by atoms with E-state index < -0.39 is 0 Å². The molecule has 0 saturated carbocycles. The summed E-state index contributed by atoms with van der Waals surface area (Å²) in [5, 5.41) is 2.64. The summed E-state index contributed by atoms with van der Waals surface area (Å²) in [5.41, 5.74) is 0.789. The summed E-state index contributed by atoms with van der Waals surface area (Å²) in [6, 6.07) is 4.20. The molecule has 0 aliphatic carbocycles. The summed E-state index contributed by atoms with van der Waals surface area (Å²) in [6.45, 7) is 5.85. The van der Waals surface area contributed by atoms with Gasteiger partial charge in [-0.25, -0.2) is 4.39 Å². The summed E-state index contributed by atoms with van der Waals surface area (Å²) in [5.74, 6) is -0.566. The molecule has 0 radical (unpaired) electrons. The molecule has 1 aromatic carbocycles. The molecule has 0 aromatic heterocycles. The normalized spacial score (nSPS) is 9.57. The Morgan fingerprint density at radius 2 is 2.36 bits per heavy atom. The molecule has 0 fully saturated rings. The Kier molecular flexibility index (Phi) is 3.40. The van der Waals surface area contributed by atoms with Crippen LogP contribution in [0.2, 0.25) is 0 Å². The van der Waals surface area contributed by atoms with Gasteiger partial charge in [-0.05, 0) is 25.1 Å². The largest absolute Gasteiger partial charge is 0.352 e. The highest BCUT2D eigenvalue weighted by molar-refractivity contribution is 5.94. The van der Waals surface area contributed by atoms with E-state index in [9.17, 15) is 9.18 Å². The van der Waals surface area contributed by atoms with Crippen molar-refractivity contribution in [1.29, 1.82) is 0 Å². The molecular weight excluding hydrogens is 181 g/mol. The zero-order chi connectivity index (χ0) is 10.6. The molecule has 0 bridgehead atoms. The number of hydrogen-bond donors (Lipinski definition) is 1. The average Bonchev–Trinajstić information content (AvgIpc) is 2.19. The smallest absolute Gasteiger partial charge is 0.251 e. The van der Waals surface area contributed by atoms with Gasteiger partial charge in [0, 0.05) is 17.7 Å². The molecule has 1 N–H and O–H groups in total. The fourth-order valence-electron chi connectivity index (χ4n) is 1.10. The number of carbonyl (C=O) groups is 1. The van der Waals surface area contributed by atoms with Crippen molar-refractivity contribution in [3.63, 3.8) is 0 Å². The van der Waals surface area contributed by atoms with Gasteiger partial charge < -0.3 is 5.32 Å². The SMILES string of the molecule is C=Cc1cc(C(=O)NCC)ccc1F. The molecule has 14 heavy (non-hydrogen) atoms. The second-order valence-corrected chi connectivity index (χ2v) is 2.80. The number of benzene rings is 1. The van der Waals surface area contributed by atoms with Gasteiger partial charge in [0.05, 0.1) is 0 Å². The van der Waals surface area contributed by atoms with Crippen LogP contribution in [0.1, 0.15) is 22.8 Å². The standard InChI is InChI=1S/C11H12FNO/c1-3-8-7-9(5-6-10(8)12)11(14)13-4-2/h3,5-7H,1,4H2,2H3,(H,13,14). The summed E-state index contributed by atoms with van der Waals surface area (Å²) in [4.78, 5) is 11.4. The molecule has 74 valence electrons. The maximum atomic E-state index is 13.0. The Balaban J connectivity index is 3.00. The van der Waals surface area contributed by atoms with Gasteiger partial charge in [-0.3, -0.25) is 4.79 Å². The van der Waals surface area contributed by atoms with Crippen molar-refractivity contribution in [2.75, 3.05) is 6.54 Å². The number of halogens is 1. The van der Waals surface area contributed by atoms with E-state index in [2.05, 4.69) is 11.9 Å². The van der Waals surface area contributed by atoms with Gasteiger partial charge in [-0.2, -0.15) is 0 Å². The fraction of sp³-hybridized carbons (Fsp3) is 0.182. The highest BCUT2D eigenvalue weighted by atomic mass is 19.1. The molecule has 0 unspecified atom stereocenters. The van der Waals surface area contributed by atoms with Crippen LogP contribution in [-0.4, -0.2) is 12.5 Å². The first kappa shape index (κ1) is 10.4. The highest BCUT2D eigenvalue weighted by Gasteiger charge is 2.06. The zero-order valence-corrected chi connectivity index (χ0v) is 8.01. The van der Waals surface area contributed by atoms with E-state index in [-0.39, 0.29) is 11.7 Å². The number of amides is 1. The van der Waals surface area contributed by atoms with Gasteiger partial charge >= 0.3 is 0 Å². The highest BCUT2D eigenvalue weighted by Crippen LogP contribution is 2.11. The lowest BCUT2D eigenvalue weighted by atomic mass is 10.1. The van der Waals surface area contributed by atoms with Crippen LogP contribution in [-0.2, 0) is 0 Å². The summed E-state index contributed by atoms with van der Waals surface area (Å²) >= 11 is 0. The van der Waals surface area contributed by atoms with E-state index in [1.807, 2.05) is 6.92 Å². The Hall–Kier alpha value is -1.64. The van der Waals surface area contributed by atoms with Crippen LogP contribution in [0.4, 0.5) is 4.39 Å². The first-order chi connectivity index (χ1) is 6.69. The third-order valence-corrected chi connectivity index (χ3v) is 1.82. The first-order valence-electron chi connectivity index (χ1n) is 4.39. The molecule has 3 heteroatoms. The van der Waals surface area contributed by atoms with Crippen LogP contribution in [0.25, 0.3) is 6.08 Å². The number of rotatable bonds is 3. The number of carbonyl (C=O) groups excluding carboxylic acids is 1. The molecule has 0 spiro atoms. The maximum absolute atomic E-state index is 13.0. The second-order valence-electron chi connectivity index (χ2n) is 2.80. The van der Waals surface area contributed by atoms with E-state index in [0.29, 0.717) is 17.7 Å². The van der Waals surface area contributed by atoms with Gasteiger partial charge in [0.15, 0.2) is 0 Å².